The Hall–Kier alpha value is -1.40. The topological polar surface area (TPSA) is 75.6 Å². The van der Waals surface area contributed by atoms with Crippen LogP contribution in [0.3, 0.4) is 0 Å². The summed E-state index contributed by atoms with van der Waals surface area (Å²) in [5.41, 5.74) is 0.345. The molecule has 2 rings (SSSR count). The molecule has 86 valence electrons. The molecule has 0 aromatic carbocycles. The fraction of sp³-hybridized carbons (Fsp3) is 0.400. The minimum Gasteiger partial charge on any atom is -0.477 e. The van der Waals surface area contributed by atoms with Crippen molar-refractivity contribution in [3.63, 3.8) is 0 Å². The average Bonchev–Trinajstić information content (AvgIpc) is 2.86. The molecule has 1 saturated heterocycles. The van der Waals surface area contributed by atoms with Crippen molar-refractivity contribution in [1.82, 2.24) is 0 Å². The van der Waals surface area contributed by atoms with Gasteiger partial charge in [-0.1, -0.05) is 0 Å². The highest BCUT2D eigenvalue weighted by molar-refractivity contribution is 7.12. The van der Waals surface area contributed by atoms with E-state index in [9.17, 15) is 9.59 Å². The van der Waals surface area contributed by atoms with E-state index >= 15 is 0 Å². The van der Waals surface area contributed by atoms with Crippen LogP contribution < -0.4 is 5.32 Å². The Balaban J connectivity index is 2.05. The number of hydrogen-bond donors (Lipinski definition) is 2. The number of hydrogen-bond acceptors (Lipinski definition) is 4. The van der Waals surface area contributed by atoms with Crippen LogP contribution in [-0.4, -0.2) is 29.7 Å². The smallest absolute Gasteiger partial charge is 0.348 e. The summed E-state index contributed by atoms with van der Waals surface area (Å²) in [5, 5.41) is 13.1. The van der Waals surface area contributed by atoms with Gasteiger partial charge < -0.3 is 15.2 Å². The molecule has 1 fully saturated rings. The van der Waals surface area contributed by atoms with Gasteiger partial charge in [0.15, 0.2) is 0 Å². The Morgan fingerprint density at radius 2 is 2.38 bits per heavy atom. The standard InChI is InChI=1S/C10H11NO4S/c12-9(7-2-1-4-15-7)11-6-3-5-16-8(6)10(13)14/h3,5,7H,1-2,4H2,(H,11,12)(H,13,14)/t7-/m0/s1. The van der Waals surface area contributed by atoms with Gasteiger partial charge in [0.1, 0.15) is 11.0 Å². The quantitative estimate of drug-likeness (QED) is 0.842. The van der Waals surface area contributed by atoms with Crippen molar-refractivity contribution < 1.29 is 19.4 Å². The average molecular weight is 241 g/mol. The highest BCUT2D eigenvalue weighted by Gasteiger charge is 2.25. The van der Waals surface area contributed by atoms with Gasteiger partial charge in [-0.25, -0.2) is 4.79 Å². The van der Waals surface area contributed by atoms with Gasteiger partial charge in [-0.3, -0.25) is 4.79 Å². The zero-order valence-corrected chi connectivity index (χ0v) is 9.25. The zero-order chi connectivity index (χ0) is 11.5. The monoisotopic (exact) mass is 241 g/mol. The van der Waals surface area contributed by atoms with Crippen molar-refractivity contribution in [2.45, 2.75) is 18.9 Å². The van der Waals surface area contributed by atoms with E-state index in [2.05, 4.69) is 5.32 Å². The SMILES string of the molecule is O=C(O)c1sccc1NC(=O)[C@@H]1CCCO1. The number of ether oxygens (including phenoxy) is 1. The third kappa shape index (κ3) is 2.23. The van der Waals surface area contributed by atoms with Gasteiger partial charge in [0.05, 0.1) is 5.69 Å². The first-order chi connectivity index (χ1) is 7.68. The molecule has 2 heterocycles. The van der Waals surface area contributed by atoms with Crippen molar-refractivity contribution >= 4 is 28.9 Å². The Labute approximate surface area is 96.0 Å². The maximum Gasteiger partial charge on any atom is 0.348 e. The highest BCUT2D eigenvalue weighted by atomic mass is 32.1. The Kier molecular flexibility index (Phi) is 3.21. The first-order valence-corrected chi connectivity index (χ1v) is 5.79. The molecule has 0 radical (unpaired) electrons. The van der Waals surface area contributed by atoms with Crippen LogP contribution in [0.15, 0.2) is 11.4 Å². The summed E-state index contributed by atoms with van der Waals surface area (Å²) in [6, 6.07) is 1.58. The van der Waals surface area contributed by atoms with Gasteiger partial charge in [0, 0.05) is 6.61 Å². The number of anilines is 1. The third-order valence-corrected chi connectivity index (χ3v) is 3.24. The summed E-state index contributed by atoms with van der Waals surface area (Å²) >= 11 is 1.09. The van der Waals surface area contributed by atoms with E-state index in [1.54, 1.807) is 11.4 Å². The number of carboxylic acids is 1. The number of amides is 1. The molecule has 1 atom stereocenters. The predicted molar refractivity (Wildman–Crippen MR) is 58.9 cm³/mol. The van der Waals surface area contributed by atoms with Gasteiger partial charge in [0.25, 0.3) is 5.91 Å². The normalized spacial score (nSPS) is 19.6. The van der Waals surface area contributed by atoms with Gasteiger partial charge in [0.2, 0.25) is 0 Å². The van der Waals surface area contributed by atoms with E-state index in [4.69, 9.17) is 9.84 Å². The van der Waals surface area contributed by atoms with E-state index in [-0.39, 0.29) is 10.8 Å². The number of carbonyl (C=O) groups is 2. The van der Waals surface area contributed by atoms with Crippen molar-refractivity contribution in [3.05, 3.63) is 16.3 Å². The number of carboxylic acid groups (broad SMARTS) is 1. The van der Waals surface area contributed by atoms with Crippen LogP contribution in [-0.2, 0) is 9.53 Å². The van der Waals surface area contributed by atoms with Crippen LogP contribution in [0.5, 0.6) is 0 Å². The second kappa shape index (κ2) is 4.63. The highest BCUT2D eigenvalue weighted by Crippen LogP contribution is 2.23. The molecule has 0 aliphatic carbocycles. The van der Waals surface area contributed by atoms with Gasteiger partial charge in [-0.15, -0.1) is 11.3 Å². The van der Waals surface area contributed by atoms with Gasteiger partial charge in [-0.2, -0.15) is 0 Å². The molecule has 1 amide bonds. The molecule has 16 heavy (non-hydrogen) atoms. The van der Waals surface area contributed by atoms with E-state index in [0.29, 0.717) is 18.7 Å². The molecule has 0 saturated carbocycles. The second-order valence-electron chi connectivity index (χ2n) is 3.46. The summed E-state index contributed by atoms with van der Waals surface area (Å²) in [7, 11) is 0. The van der Waals surface area contributed by atoms with Crippen LogP contribution in [0.4, 0.5) is 5.69 Å². The van der Waals surface area contributed by atoms with Crippen LogP contribution in [0.2, 0.25) is 0 Å². The summed E-state index contributed by atoms with van der Waals surface area (Å²) in [6.45, 7) is 0.591. The van der Waals surface area contributed by atoms with E-state index in [1.807, 2.05) is 0 Å². The summed E-state index contributed by atoms with van der Waals surface area (Å²) in [5.74, 6) is -1.30. The van der Waals surface area contributed by atoms with Crippen LogP contribution >= 0.6 is 11.3 Å². The predicted octanol–water partition coefficient (Wildman–Crippen LogP) is 1.56. The Bertz CT molecular complexity index is 409. The first kappa shape index (κ1) is 11.1. The molecule has 0 unspecified atom stereocenters. The summed E-state index contributed by atoms with van der Waals surface area (Å²) < 4.78 is 5.21. The van der Waals surface area contributed by atoms with E-state index in [0.717, 1.165) is 17.8 Å². The zero-order valence-electron chi connectivity index (χ0n) is 8.43. The lowest BCUT2D eigenvalue weighted by atomic mass is 10.2. The summed E-state index contributed by atoms with van der Waals surface area (Å²) in [4.78, 5) is 22.6. The number of rotatable bonds is 3. The minimum atomic E-state index is -1.03. The molecule has 0 bridgehead atoms. The lowest BCUT2D eigenvalue weighted by Crippen LogP contribution is -2.27. The summed E-state index contributed by atoms with van der Waals surface area (Å²) in [6.07, 6.45) is 1.12. The van der Waals surface area contributed by atoms with Gasteiger partial charge >= 0.3 is 5.97 Å². The molecule has 1 aromatic rings. The van der Waals surface area contributed by atoms with E-state index in [1.165, 1.54) is 0 Å². The van der Waals surface area contributed by atoms with Crippen LogP contribution in [0.1, 0.15) is 22.5 Å². The molecule has 1 aliphatic heterocycles. The Morgan fingerprint density at radius 3 is 3.00 bits per heavy atom. The van der Waals surface area contributed by atoms with Crippen LogP contribution in [0.25, 0.3) is 0 Å². The molecular weight excluding hydrogens is 230 g/mol. The van der Waals surface area contributed by atoms with Crippen molar-refractivity contribution in [3.8, 4) is 0 Å². The molecule has 1 aliphatic rings. The number of thiophene rings is 1. The molecule has 0 spiro atoms. The molecular formula is C10H11NO4S. The Morgan fingerprint density at radius 1 is 1.56 bits per heavy atom. The van der Waals surface area contributed by atoms with Crippen molar-refractivity contribution in [2.75, 3.05) is 11.9 Å². The lowest BCUT2D eigenvalue weighted by molar-refractivity contribution is -0.124. The molecule has 5 nitrogen and oxygen atoms in total. The molecule has 1 aromatic heterocycles. The maximum absolute atomic E-state index is 11.7. The lowest BCUT2D eigenvalue weighted by Gasteiger charge is -2.09. The van der Waals surface area contributed by atoms with Crippen molar-refractivity contribution in [2.24, 2.45) is 0 Å². The second-order valence-corrected chi connectivity index (χ2v) is 4.38. The molecule has 6 heteroatoms. The third-order valence-electron chi connectivity index (χ3n) is 2.34. The number of nitrogens with one attached hydrogen (secondary N) is 1. The van der Waals surface area contributed by atoms with Gasteiger partial charge in [-0.05, 0) is 24.3 Å². The van der Waals surface area contributed by atoms with Crippen molar-refractivity contribution in [1.29, 1.82) is 0 Å². The number of aromatic carboxylic acids is 1. The molecule has 2 N–H and O–H groups in total. The van der Waals surface area contributed by atoms with Crippen LogP contribution in [0, 0.1) is 0 Å². The fourth-order valence-corrected chi connectivity index (χ4v) is 2.26. The first-order valence-electron chi connectivity index (χ1n) is 4.91. The van der Waals surface area contributed by atoms with E-state index < -0.39 is 12.1 Å². The fourth-order valence-electron chi connectivity index (χ4n) is 1.57. The minimum absolute atomic E-state index is 0.145. The largest absolute Gasteiger partial charge is 0.477 e. The maximum atomic E-state index is 11.7. The number of carbonyl (C=O) groups excluding carboxylic acids is 1.